The maximum atomic E-state index is 13.4. The molecule has 146 valence electrons. The molecule has 0 aliphatic carbocycles. The first kappa shape index (κ1) is 21.1. The molecule has 0 aromatic heterocycles. The maximum Gasteiger partial charge on any atom is 0.417 e. The molecule has 0 heterocycles. The van der Waals surface area contributed by atoms with E-state index in [0.29, 0.717) is 10.4 Å². The lowest BCUT2D eigenvalue weighted by Crippen LogP contribution is -2.39. The number of amides is 1. The lowest BCUT2D eigenvalue weighted by atomic mass is 10.1. The molecule has 0 fully saturated rings. The summed E-state index contributed by atoms with van der Waals surface area (Å²) in [4.78, 5) is 11.1. The first-order valence-corrected chi connectivity index (χ1v) is 9.07. The number of nitrogens with zero attached hydrogens (tertiary/aromatic N) is 1. The van der Waals surface area contributed by atoms with Crippen molar-refractivity contribution in [3.8, 4) is 0 Å². The van der Waals surface area contributed by atoms with E-state index >= 15 is 0 Å². The summed E-state index contributed by atoms with van der Waals surface area (Å²) >= 11 is 5.49. The van der Waals surface area contributed by atoms with Crippen LogP contribution in [0.2, 0.25) is 5.02 Å². The summed E-state index contributed by atoms with van der Waals surface area (Å²) in [5.74, 6) is -1.87. The number of rotatable bonds is 5. The fourth-order valence-corrected chi connectivity index (χ4v) is 3.98. The van der Waals surface area contributed by atoms with Gasteiger partial charge >= 0.3 is 6.18 Å². The van der Waals surface area contributed by atoms with E-state index in [1.807, 2.05) is 0 Å². The Morgan fingerprint density at radius 1 is 1.19 bits per heavy atom. The van der Waals surface area contributed by atoms with Gasteiger partial charge in [-0.1, -0.05) is 23.7 Å². The van der Waals surface area contributed by atoms with E-state index in [9.17, 15) is 30.8 Å². The number of hydrogen-bond donors (Lipinski definition) is 1. The number of carbonyl (C=O) groups excluding carboxylic acids is 1. The van der Waals surface area contributed by atoms with Gasteiger partial charge in [0.1, 0.15) is 11.9 Å². The fraction of sp³-hybridized carbons (Fsp3) is 0.188. The Kier molecular flexibility index (Phi) is 5.83. The van der Waals surface area contributed by atoms with Crippen LogP contribution in [0.25, 0.3) is 0 Å². The Balaban J connectivity index is 2.56. The molecule has 1 unspecified atom stereocenters. The van der Waals surface area contributed by atoms with E-state index in [1.165, 1.54) is 12.1 Å². The molecule has 0 saturated heterocycles. The minimum absolute atomic E-state index is 0.0708. The molecule has 0 spiro atoms. The third-order valence-corrected chi connectivity index (χ3v) is 5.87. The fourth-order valence-electron chi connectivity index (χ4n) is 2.42. The molecule has 5 nitrogen and oxygen atoms in total. The van der Waals surface area contributed by atoms with E-state index < -0.39 is 49.4 Å². The van der Waals surface area contributed by atoms with Crippen molar-refractivity contribution in [1.82, 2.24) is 4.31 Å². The highest BCUT2D eigenvalue weighted by molar-refractivity contribution is 7.89. The molecular formula is C16H13ClF4N2O3S. The molecule has 0 bridgehead atoms. The molecule has 0 aliphatic heterocycles. The Hall–Kier alpha value is -2.17. The normalized spacial score (nSPS) is 13.6. The number of nitrogens with two attached hydrogens (primary N) is 1. The highest BCUT2D eigenvalue weighted by Gasteiger charge is 2.37. The monoisotopic (exact) mass is 424 g/mol. The van der Waals surface area contributed by atoms with Gasteiger partial charge in [-0.05, 0) is 35.9 Å². The summed E-state index contributed by atoms with van der Waals surface area (Å²) in [7, 11) is -3.64. The third kappa shape index (κ3) is 4.40. The molecule has 2 aromatic rings. The van der Waals surface area contributed by atoms with Crippen LogP contribution in [-0.2, 0) is 21.0 Å². The van der Waals surface area contributed by atoms with Gasteiger partial charge in [-0.25, -0.2) is 12.8 Å². The van der Waals surface area contributed by atoms with E-state index in [-0.39, 0.29) is 5.56 Å². The lowest BCUT2D eigenvalue weighted by Gasteiger charge is -2.26. The minimum Gasteiger partial charge on any atom is -0.368 e. The van der Waals surface area contributed by atoms with Crippen LogP contribution in [0.4, 0.5) is 17.6 Å². The molecule has 2 N–H and O–H groups in total. The molecule has 2 rings (SSSR count). The predicted molar refractivity (Wildman–Crippen MR) is 89.7 cm³/mol. The average Bonchev–Trinajstić information content (AvgIpc) is 2.53. The zero-order valence-electron chi connectivity index (χ0n) is 13.7. The summed E-state index contributed by atoms with van der Waals surface area (Å²) in [6.07, 6.45) is -4.88. The predicted octanol–water partition coefficient (Wildman–Crippen LogP) is 3.35. The van der Waals surface area contributed by atoms with Gasteiger partial charge in [0.15, 0.2) is 0 Å². The Bertz CT molecular complexity index is 980. The van der Waals surface area contributed by atoms with Crippen molar-refractivity contribution in [2.75, 3.05) is 7.05 Å². The first-order valence-electron chi connectivity index (χ1n) is 7.25. The number of primary amides is 1. The van der Waals surface area contributed by atoms with Crippen LogP contribution in [0.5, 0.6) is 0 Å². The van der Waals surface area contributed by atoms with Crippen LogP contribution < -0.4 is 5.73 Å². The third-order valence-electron chi connectivity index (χ3n) is 3.72. The highest BCUT2D eigenvalue weighted by atomic mass is 35.5. The summed E-state index contributed by atoms with van der Waals surface area (Å²) in [6.45, 7) is 0. The van der Waals surface area contributed by atoms with Crippen molar-refractivity contribution >= 4 is 27.5 Å². The van der Waals surface area contributed by atoms with Crippen LogP contribution in [0, 0.1) is 5.82 Å². The number of hydrogen-bond acceptors (Lipinski definition) is 3. The number of alkyl halides is 3. The number of sulfonamides is 1. The molecule has 0 aliphatic rings. The van der Waals surface area contributed by atoms with Crippen molar-refractivity contribution < 1.29 is 30.8 Å². The Labute approximate surface area is 157 Å². The highest BCUT2D eigenvalue weighted by Crippen LogP contribution is 2.37. The van der Waals surface area contributed by atoms with Crippen molar-refractivity contribution in [1.29, 1.82) is 0 Å². The molecular weight excluding hydrogens is 412 g/mol. The second-order valence-electron chi connectivity index (χ2n) is 5.52. The molecule has 0 radical (unpaired) electrons. The number of likely N-dealkylation sites (N-methyl/N-ethyl adjacent to an activating group) is 1. The van der Waals surface area contributed by atoms with Gasteiger partial charge in [-0.15, -0.1) is 0 Å². The lowest BCUT2D eigenvalue weighted by molar-refractivity contribution is -0.137. The number of carbonyl (C=O) groups is 1. The first-order chi connectivity index (χ1) is 12.4. The molecule has 2 aromatic carbocycles. The Morgan fingerprint density at radius 3 is 2.33 bits per heavy atom. The summed E-state index contributed by atoms with van der Waals surface area (Å²) in [5.41, 5.74) is 3.83. The zero-order chi connectivity index (χ0) is 20.6. The summed E-state index contributed by atoms with van der Waals surface area (Å²) in [6, 6.07) is 4.88. The Morgan fingerprint density at radius 2 is 1.81 bits per heavy atom. The van der Waals surface area contributed by atoms with Crippen LogP contribution in [0.15, 0.2) is 47.4 Å². The standard InChI is InChI=1S/C16H13ClF4N2O3S/c1-23(14(15(22)24)9-3-2-4-10(18)7-9)27(25,26)11-5-6-13(17)12(8-11)16(19,20)21/h2-8,14H,1H3,(H2,22,24). The molecule has 11 heteroatoms. The smallest absolute Gasteiger partial charge is 0.368 e. The maximum absolute atomic E-state index is 13.4. The second kappa shape index (κ2) is 7.45. The van der Waals surface area contributed by atoms with Crippen molar-refractivity contribution in [3.63, 3.8) is 0 Å². The zero-order valence-corrected chi connectivity index (χ0v) is 15.2. The van der Waals surface area contributed by atoms with Gasteiger partial charge in [0.05, 0.1) is 15.5 Å². The van der Waals surface area contributed by atoms with Crippen LogP contribution in [0.1, 0.15) is 17.2 Å². The van der Waals surface area contributed by atoms with Gasteiger partial charge in [-0.3, -0.25) is 4.79 Å². The van der Waals surface area contributed by atoms with Crippen molar-refractivity contribution in [3.05, 3.63) is 64.4 Å². The minimum atomic E-state index is -4.88. The number of benzene rings is 2. The summed E-state index contributed by atoms with van der Waals surface area (Å²) in [5, 5.41) is -0.680. The largest absolute Gasteiger partial charge is 0.417 e. The molecule has 1 atom stereocenters. The van der Waals surface area contributed by atoms with E-state index in [1.54, 1.807) is 0 Å². The van der Waals surface area contributed by atoms with Gasteiger partial charge in [0.25, 0.3) is 0 Å². The van der Waals surface area contributed by atoms with Crippen molar-refractivity contribution in [2.45, 2.75) is 17.1 Å². The second-order valence-corrected chi connectivity index (χ2v) is 7.93. The molecule has 27 heavy (non-hydrogen) atoms. The van der Waals surface area contributed by atoms with Gasteiger partial charge in [0.2, 0.25) is 15.9 Å². The van der Waals surface area contributed by atoms with Gasteiger partial charge < -0.3 is 5.73 Å². The SMILES string of the molecule is CN(C(C(N)=O)c1cccc(F)c1)S(=O)(=O)c1ccc(Cl)c(C(F)(F)F)c1. The molecule has 1 amide bonds. The van der Waals surface area contributed by atoms with Crippen LogP contribution in [0.3, 0.4) is 0 Å². The van der Waals surface area contributed by atoms with E-state index in [4.69, 9.17) is 17.3 Å². The summed E-state index contributed by atoms with van der Waals surface area (Å²) < 4.78 is 78.4. The van der Waals surface area contributed by atoms with Crippen LogP contribution >= 0.6 is 11.6 Å². The van der Waals surface area contributed by atoms with Gasteiger partial charge in [0, 0.05) is 7.05 Å². The molecule has 0 saturated carbocycles. The van der Waals surface area contributed by atoms with E-state index in [2.05, 4.69) is 0 Å². The van der Waals surface area contributed by atoms with Gasteiger partial charge in [-0.2, -0.15) is 17.5 Å². The van der Waals surface area contributed by atoms with E-state index in [0.717, 1.165) is 31.3 Å². The number of halogens is 5. The van der Waals surface area contributed by atoms with Crippen LogP contribution in [-0.4, -0.2) is 25.7 Å². The topological polar surface area (TPSA) is 80.5 Å². The van der Waals surface area contributed by atoms with Crippen molar-refractivity contribution in [2.24, 2.45) is 5.73 Å². The quantitative estimate of drug-likeness (QED) is 0.747. The average molecular weight is 425 g/mol.